The van der Waals surface area contributed by atoms with Crippen molar-refractivity contribution in [3.8, 4) is 0 Å². The molecule has 1 heterocycles. The molecule has 0 aromatic rings. The first-order valence-electron chi connectivity index (χ1n) is 12.7. The average molecular weight is 559 g/mol. The van der Waals surface area contributed by atoms with E-state index in [0.717, 1.165) is 0 Å². The summed E-state index contributed by atoms with van der Waals surface area (Å²) in [7, 11) is -3.87. The van der Waals surface area contributed by atoms with Crippen molar-refractivity contribution in [2.45, 2.75) is 109 Å². The van der Waals surface area contributed by atoms with Crippen LogP contribution < -0.4 is 15.4 Å². The minimum absolute atomic E-state index is 0.0845. The van der Waals surface area contributed by atoms with Gasteiger partial charge in [0.15, 0.2) is 0 Å². The SMILES string of the molecule is C=CC[C@](C)(NC(=O)[C@@H]1C[C@@H](O)CN1C(=O)[C@@H](NC(=O)OC(C)(C)C)C(C)(C)C)C(=O)NS(=O)(=O)C1CC1. The zero-order chi connectivity index (χ0) is 29.3. The van der Waals surface area contributed by atoms with Gasteiger partial charge in [-0.05, 0) is 52.4 Å². The molecule has 1 saturated carbocycles. The van der Waals surface area contributed by atoms with Gasteiger partial charge in [0.1, 0.15) is 23.2 Å². The molecular weight excluding hydrogens is 516 g/mol. The third-order valence-corrected chi connectivity index (χ3v) is 8.11. The topological polar surface area (TPSA) is 171 Å². The number of ether oxygens (including phenoxy) is 1. The Kier molecular flexibility index (Phi) is 9.31. The van der Waals surface area contributed by atoms with Crippen molar-refractivity contribution >= 4 is 33.8 Å². The molecule has 1 aliphatic heterocycles. The molecule has 12 nitrogen and oxygen atoms in total. The Hall–Kier alpha value is -2.67. The van der Waals surface area contributed by atoms with Crippen molar-refractivity contribution in [2.24, 2.45) is 5.41 Å². The summed E-state index contributed by atoms with van der Waals surface area (Å²) < 4.78 is 32.0. The Morgan fingerprint density at radius 3 is 2.16 bits per heavy atom. The monoisotopic (exact) mass is 558 g/mol. The number of hydrogen-bond donors (Lipinski definition) is 4. The highest BCUT2D eigenvalue weighted by atomic mass is 32.2. The van der Waals surface area contributed by atoms with Gasteiger partial charge in [-0.2, -0.15) is 0 Å². The summed E-state index contributed by atoms with van der Waals surface area (Å²) >= 11 is 0. The van der Waals surface area contributed by atoms with E-state index in [1.165, 1.54) is 17.9 Å². The van der Waals surface area contributed by atoms with Crippen LogP contribution in [0.25, 0.3) is 0 Å². The molecule has 13 heteroatoms. The fourth-order valence-corrected chi connectivity index (χ4v) is 5.50. The van der Waals surface area contributed by atoms with Gasteiger partial charge in [0.25, 0.3) is 5.91 Å². The molecule has 2 aliphatic rings. The van der Waals surface area contributed by atoms with E-state index in [-0.39, 0.29) is 19.4 Å². The van der Waals surface area contributed by atoms with E-state index < -0.39 is 73.8 Å². The molecule has 2 fully saturated rings. The summed E-state index contributed by atoms with van der Waals surface area (Å²) in [6, 6.07) is -2.26. The van der Waals surface area contributed by atoms with Gasteiger partial charge in [0.05, 0.1) is 11.4 Å². The molecule has 0 aromatic heterocycles. The van der Waals surface area contributed by atoms with Crippen LogP contribution in [-0.2, 0) is 29.1 Å². The summed E-state index contributed by atoms with van der Waals surface area (Å²) in [5.74, 6) is -2.28. The molecule has 0 unspecified atom stereocenters. The predicted octanol–water partition coefficient (Wildman–Crippen LogP) is 0.947. The highest BCUT2D eigenvalue weighted by Gasteiger charge is 2.47. The van der Waals surface area contributed by atoms with E-state index in [2.05, 4.69) is 17.2 Å². The number of alkyl carbamates (subject to hydrolysis) is 1. The second-order valence-corrected chi connectivity index (χ2v) is 14.3. The maximum absolute atomic E-state index is 13.6. The molecule has 1 aliphatic carbocycles. The summed E-state index contributed by atoms with van der Waals surface area (Å²) in [6.07, 6.45) is 0.264. The third kappa shape index (κ3) is 8.16. The highest BCUT2D eigenvalue weighted by Crippen LogP contribution is 2.29. The van der Waals surface area contributed by atoms with E-state index in [0.29, 0.717) is 12.8 Å². The number of carbonyl (C=O) groups is 4. The van der Waals surface area contributed by atoms with Crippen LogP contribution in [0, 0.1) is 5.41 Å². The lowest BCUT2D eigenvalue weighted by molar-refractivity contribution is -0.143. The van der Waals surface area contributed by atoms with Crippen molar-refractivity contribution in [2.75, 3.05) is 6.54 Å². The first-order valence-corrected chi connectivity index (χ1v) is 14.2. The Bertz CT molecular complexity index is 1060. The number of aliphatic hydroxyl groups excluding tert-OH is 1. The van der Waals surface area contributed by atoms with E-state index in [1.807, 2.05) is 4.72 Å². The Labute approximate surface area is 225 Å². The highest BCUT2D eigenvalue weighted by molar-refractivity contribution is 7.90. The summed E-state index contributed by atoms with van der Waals surface area (Å²) in [6.45, 7) is 15.1. The van der Waals surface area contributed by atoms with Gasteiger partial charge < -0.3 is 25.4 Å². The number of likely N-dealkylation sites (tertiary alicyclic amines) is 1. The van der Waals surface area contributed by atoms with Crippen molar-refractivity contribution < 1.29 is 37.4 Å². The van der Waals surface area contributed by atoms with Crippen molar-refractivity contribution in [3.63, 3.8) is 0 Å². The molecule has 0 bridgehead atoms. The van der Waals surface area contributed by atoms with Crippen LogP contribution in [0.5, 0.6) is 0 Å². The molecule has 2 rings (SSSR count). The van der Waals surface area contributed by atoms with Gasteiger partial charge in [-0.3, -0.25) is 19.1 Å². The third-order valence-electron chi connectivity index (χ3n) is 6.29. The molecule has 4 atom stereocenters. The first-order chi connectivity index (χ1) is 17.2. The fourth-order valence-electron chi connectivity index (χ4n) is 4.09. The number of carbonyl (C=O) groups excluding carboxylic acids is 4. The number of hydrogen-bond acceptors (Lipinski definition) is 8. The molecular formula is C25H42N4O8S. The van der Waals surface area contributed by atoms with Crippen molar-refractivity contribution in [3.05, 3.63) is 12.7 Å². The van der Waals surface area contributed by atoms with Crippen molar-refractivity contribution in [1.82, 2.24) is 20.3 Å². The molecule has 1 saturated heterocycles. The van der Waals surface area contributed by atoms with E-state index in [4.69, 9.17) is 4.74 Å². The predicted molar refractivity (Wildman–Crippen MR) is 140 cm³/mol. The quantitative estimate of drug-likeness (QED) is 0.303. The lowest BCUT2D eigenvalue weighted by Gasteiger charge is -2.36. The molecule has 38 heavy (non-hydrogen) atoms. The Balaban J connectivity index is 2.26. The number of sulfonamides is 1. The van der Waals surface area contributed by atoms with E-state index >= 15 is 0 Å². The van der Waals surface area contributed by atoms with Crippen LogP contribution >= 0.6 is 0 Å². The zero-order valence-corrected chi connectivity index (χ0v) is 24.1. The number of nitrogens with one attached hydrogen (secondary N) is 3. The molecule has 0 spiro atoms. The van der Waals surface area contributed by atoms with Crippen LogP contribution in [0.15, 0.2) is 12.7 Å². The molecule has 0 radical (unpaired) electrons. The van der Waals surface area contributed by atoms with Crippen LogP contribution in [0.1, 0.15) is 74.1 Å². The average Bonchev–Trinajstić information content (AvgIpc) is 3.52. The number of amides is 4. The van der Waals surface area contributed by atoms with Crippen molar-refractivity contribution in [1.29, 1.82) is 0 Å². The number of nitrogens with zero attached hydrogens (tertiary/aromatic N) is 1. The number of β-amino-alcohol motifs (C(OH)–C–C–N with tert-alkyl or cyclic N) is 1. The minimum Gasteiger partial charge on any atom is -0.444 e. The maximum atomic E-state index is 13.6. The van der Waals surface area contributed by atoms with E-state index in [1.54, 1.807) is 41.5 Å². The fraction of sp³-hybridized carbons (Fsp3) is 0.760. The second-order valence-electron chi connectivity index (χ2n) is 12.3. The summed E-state index contributed by atoms with van der Waals surface area (Å²) in [5.41, 5.74) is -3.26. The Morgan fingerprint density at radius 2 is 1.68 bits per heavy atom. The van der Waals surface area contributed by atoms with Gasteiger partial charge in [-0.15, -0.1) is 6.58 Å². The normalized spacial score (nSPS) is 22.6. The van der Waals surface area contributed by atoms with Crippen LogP contribution in [0.2, 0.25) is 0 Å². The van der Waals surface area contributed by atoms with Gasteiger partial charge in [-0.1, -0.05) is 26.8 Å². The lowest BCUT2D eigenvalue weighted by atomic mass is 9.85. The standard InChI is InChI=1S/C25H42N4O8S/c1-9-12-25(8,21(33)28-38(35,36)16-10-11-16)27-19(31)17-13-15(30)14-29(17)20(32)18(23(2,3)4)26-22(34)37-24(5,6)7/h9,15-18,30H,1,10-14H2,2-8H3,(H,26,34)(H,27,31)(H,28,33)/t15-,17+,18-,25+/m1/s1. The van der Waals surface area contributed by atoms with Gasteiger partial charge in [-0.25, -0.2) is 13.2 Å². The maximum Gasteiger partial charge on any atom is 0.408 e. The zero-order valence-electron chi connectivity index (χ0n) is 23.3. The number of aliphatic hydroxyl groups is 1. The first kappa shape index (κ1) is 31.5. The summed E-state index contributed by atoms with van der Waals surface area (Å²) in [5, 5.41) is 14.9. The second kappa shape index (κ2) is 11.2. The molecule has 0 aromatic carbocycles. The summed E-state index contributed by atoms with van der Waals surface area (Å²) in [4.78, 5) is 53.7. The Morgan fingerprint density at radius 1 is 1.11 bits per heavy atom. The number of rotatable bonds is 9. The largest absolute Gasteiger partial charge is 0.444 e. The molecule has 4 N–H and O–H groups in total. The lowest BCUT2D eigenvalue weighted by Crippen LogP contribution is -2.62. The molecule has 4 amide bonds. The van der Waals surface area contributed by atoms with Crippen LogP contribution in [0.4, 0.5) is 4.79 Å². The minimum atomic E-state index is -3.87. The van der Waals surface area contributed by atoms with E-state index in [9.17, 15) is 32.7 Å². The van der Waals surface area contributed by atoms with Crippen LogP contribution in [0.3, 0.4) is 0 Å². The van der Waals surface area contributed by atoms with Crippen LogP contribution in [-0.4, -0.2) is 83.4 Å². The molecule has 216 valence electrons. The van der Waals surface area contributed by atoms with Gasteiger partial charge in [0.2, 0.25) is 21.8 Å². The van der Waals surface area contributed by atoms with Gasteiger partial charge in [0, 0.05) is 13.0 Å². The van der Waals surface area contributed by atoms with Gasteiger partial charge >= 0.3 is 6.09 Å². The smallest absolute Gasteiger partial charge is 0.408 e.